The van der Waals surface area contributed by atoms with Gasteiger partial charge in [-0.2, -0.15) is 5.26 Å². The van der Waals surface area contributed by atoms with Crippen molar-refractivity contribution in [2.75, 3.05) is 0 Å². The first kappa shape index (κ1) is 21.5. The van der Waals surface area contributed by atoms with Crippen molar-refractivity contribution in [2.45, 2.75) is 117 Å². The lowest BCUT2D eigenvalue weighted by atomic mass is 9.63. The van der Waals surface area contributed by atoms with Crippen molar-refractivity contribution in [3.63, 3.8) is 0 Å². The number of allylic oxidation sites excluding steroid dienone is 2. The van der Waals surface area contributed by atoms with Gasteiger partial charge in [0, 0.05) is 0 Å². The Kier molecular flexibility index (Phi) is 9.80. The van der Waals surface area contributed by atoms with Crippen molar-refractivity contribution >= 4 is 0 Å². The molecule has 0 aliphatic heterocycles. The van der Waals surface area contributed by atoms with Crippen LogP contribution in [0.25, 0.3) is 0 Å². The topological polar surface area (TPSA) is 23.8 Å². The molecule has 0 atom stereocenters. The van der Waals surface area contributed by atoms with E-state index in [2.05, 4.69) is 32.1 Å². The number of nitrogens with zero attached hydrogens (tertiary/aromatic N) is 1. The molecule has 0 radical (unpaired) electrons. The summed E-state index contributed by atoms with van der Waals surface area (Å²) < 4.78 is 0. The van der Waals surface area contributed by atoms with Gasteiger partial charge in [-0.25, -0.2) is 0 Å². The monoisotopic (exact) mass is 357 g/mol. The standard InChI is InChI=1S/C25H43N/c1-3-5-7-8-10-18-25(21-26)19-16-24(17-20-25)23-14-12-22(13-15-23)11-9-6-4-2/h7-8,22-24H,3-6,9-20H2,1-2H3/b8-7-. The van der Waals surface area contributed by atoms with Crippen molar-refractivity contribution < 1.29 is 0 Å². The maximum absolute atomic E-state index is 9.80. The Morgan fingerprint density at radius 1 is 0.846 bits per heavy atom. The summed E-state index contributed by atoms with van der Waals surface area (Å²) in [6.07, 6.45) is 25.8. The van der Waals surface area contributed by atoms with Crippen LogP contribution in [0.4, 0.5) is 0 Å². The van der Waals surface area contributed by atoms with Crippen molar-refractivity contribution in [3.05, 3.63) is 12.2 Å². The highest BCUT2D eigenvalue weighted by Crippen LogP contribution is 2.47. The molecule has 0 aromatic heterocycles. The Labute approximate surface area is 163 Å². The zero-order valence-corrected chi connectivity index (χ0v) is 17.6. The van der Waals surface area contributed by atoms with Crippen LogP contribution in [0, 0.1) is 34.5 Å². The largest absolute Gasteiger partial charge is 0.198 e. The van der Waals surface area contributed by atoms with Gasteiger partial charge in [0.1, 0.15) is 0 Å². The molecule has 0 bridgehead atoms. The van der Waals surface area contributed by atoms with Crippen LogP contribution < -0.4 is 0 Å². The molecule has 2 rings (SSSR count). The predicted octanol–water partition coefficient (Wildman–Crippen LogP) is 8.21. The Hall–Kier alpha value is -0.770. The third-order valence-electron chi connectivity index (χ3n) is 7.41. The summed E-state index contributed by atoms with van der Waals surface area (Å²) in [4.78, 5) is 0. The maximum Gasteiger partial charge on any atom is 0.0689 e. The van der Waals surface area contributed by atoms with Gasteiger partial charge < -0.3 is 0 Å². The van der Waals surface area contributed by atoms with E-state index in [9.17, 15) is 5.26 Å². The molecule has 0 aromatic carbocycles. The van der Waals surface area contributed by atoms with Crippen LogP contribution in [-0.2, 0) is 0 Å². The Balaban J connectivity index is 1.69. The van der Waals surface area contributed by atoms with Crippen LogP contribution in [0.1, 0.15) is 117 Å². The first-order valence-electron chi connectivity index (χ1n) is 11.8. The van der Waals surface area contributed by atoms with Crippen LogP contribution in [0.5, 0.6) is 0 Å². The third kappa shape index (κ3) is 6.75. The minimum Gasteiger partial charge on any atom is -0.198 e. The van der Waals surface area contributed by atoms with Crippen LogP contribution >= 0.6 is 0 Å². The molecule has 0 N–H and O–H groups in total. The Bertz CT molecular complexity index is 428. The molecule has 1 nitrogen and oxygen atoms in total. The third-order valence-corrected chi connectivity index (χ3v) is 7.41. The van der Waals surface area contributed by atoms with Crippen molar-refractivity contribution in [1.29, 1.82) is 5.26 Å². The van der Waals surface area contributed by atoms with Crippen LogP contribution in [0.2, 0.25) is 0 Å². The zero-order valence-electron chi connectivity index (χ0n) is 17.6. The van der Waals surface area contributed by atoms with Crippen molar-refractivity contribution in [3.8, 4) is 6.07 Å². The van der Waals surface area contributed by atoms with E-state index in [0.29, 0.717) is 0 Å². The van der Waals surface area contributed by atoms with Gasteiger partial charge in [-0.3, -0.25) is 0 Å². The second-order valence-electron chi connectivity index (χ2n) is 9.30. The van der Waals surface area contributed by atoms with E-state index in [0.717, 1.165) is 43.4 Å². The van der Waals surface area contributed by atoms with E-state index in [-0.39, 0.29) is 5.41 Å². The number of rotatable bonds is 10. The Morgan fingerprint density at radius 3 is 2.12 bits per heavy atom. The Morgan fingerprint density at radius 2 is 1.50 bits per heavy atom. The van der Waals surface area contributed by atoms with Crippen molar-refractivity contribution in [1.82, 2.24) is 0 Å². The minimum absolute atomic E-state index is 0.00951. The number of unbranched alkanes of at least 4 members (excludes halogenated alkanes) is 3. The number of hydrogen-bond acceptors (Lipinski definition) is 1. The summed E-state index contributed by atoms with van der Waals surface area (Å²) in [5, 5.41) is 9.80. The van der Waals surface area contributed by atoms with Gasteiger partial charge >= 0.3 is 0 Å². The molecule has 2 saturated carbocycles. The summed E-state index contributed by atoms with van der Waals surface area (Å²) in [5.74, 6) is 2.91. The molecule has 0 aromatic rings. The highest BCUT2D eigenvalue weighted by atomic mass is 14.4. The molecular weight excluding hydrogens is 314 g/mol. The fraction of sp³-hybridized carbons (Fsp3) is 0.880. The van der Waals surface area contributed by atoms with Gasteiger partial charge in [0.15, 0.2) is 0 Å². The van der Waals surface area contributed by atoms with E-state index in [1.807, 2.05) is 0 Å². The summed E-state index contributed by atoms with van der Waals surface area (Å²) in [6, 6.07) is 2.73. The van der Waals surface area contributed by atoms with Gasteiger partial charge in [-0.15, -0.1) is 0 Å². The van der Waals surface area contributed by atoms with Gasteiger partial charge in [-0.1, -0.05) is 70.9 Å². The van der Waals surface area contributed by atoms with Crippen LogP contribution in [0.3, 0.4) is 0 Å². The normalized spacial score (nSPS) is 32.6. The van der Waals surface area contributed by atoms with Gasteiger partial charge in [-0.05, 0) is 75.5 Å². The lowest BCUT2D eigenvalue weighted by Gasteiger charge is -2.40. The maximum atomic E-state index is 9.80. The molecule has 0 amide bonds. The molecular formula is C25H43N. The summed E-state index contributed by atoms with van der Waals surface area (Å²) >= 11 is 0. The summed E-state index contributed by atoms with van der Waals surface area (Å²) in [6.45, 7) is 4.53. The molecule has 26 heavy (non-hydrogen) atoms. The highest BCUT2D eigenvalue weighted by molar-refractivity contribution is 5.03. The second-order valence-corrected chi connectivity index (χ2v) is 9.30. The van der Waals surface area contributed by atoms with Gasteiger partial charge in [0.05, 0.1) is 11.5 Å². The van der Waals surface area contributed by atoms with Crippen LogP contribution in [-0.4, -0.2) is 0 Å². The zero-order chi connectivity index (χ0) is 18.7. The van der Waals surface area contributed by atoms with E-state index in [1.54, 1.807) is 0 Å². The molecule has 148 valence electrons. The lowest BCUT2D eigenvalue weighted by Crippen LogP contribution is -2.31. The van der Waals surface area contributed by atoms with E-state index in [4.69, 9.17) is 0 Å². The summed E-state index contributed by atoms with van der Waals surface area (Å²) in [7, 11) is 0. The molecule has 0 saturated heterocycles. The van der Waals surface area contributed by atoms with Gasteiger partial charge in [0.2, 0.25) is 0 Å². The smallest absolute Gasteiger partial charge is 0.0689 e. The van der Waals surface area contributed by atoms with E-state index >= 15 is 0 Å². The average Bonchev–Trinajstić information content (AvgIpc) is 2.69. The first-order chi connectivity index (χ1) is 12.7. The molecule has 0 heterocycles. The molecule has 0 spiro atoms. The fourth-order valence-electron chi connectivity index (χ4n) is 5.48. The predicted molar refractivity (Wildman–Crippen MR) is 113 cm³/mol. The number of nitriles is 1. The average molecular weight is 358 g/mol. The van der Waals surface area contributed by atoms with Crippen LogP contribution in [0.15, 0.2) is 12.2 Å². The minimum atomic E-state index is -0.00951. The highest BCUT2D eigenvalue weighted by Gasteiger charge is 2.38. The van der Waals surface area contributed by atoms with Gasteiger partial charge in [0.25, 0.3) is 0 Å². The molecule has 2 aliphatic rings. The van der Waals surface area contributed by atoms with E-state index < -0.39 is 0 Å². The first-order valence-corrected chi connectivity index (χ1v) is 11.8. The van der Waals surface area contributed by atoms with E-state index in [1.165, 1.54) is 77.0 Å². The number of hydrogen-bond donors (Lipinski definition) is 0. The quantitative estimate of drug-likeness (QED) is 0.285. The lowest BCUT2D eigenvalue weighted by molar-refractivity contribution is 0.116. The SMILES string of the molecule is CCC/C=C\CCC1(C#N)CCC(C2CCC(CCCCC)CC2)CC1. The molecule has 1 heteroatoms. The molecule has 0 unspecified atom stereocenters. The molecule has 2 fully saturated rings. The van der Waals surface area contributed by atoms with Crippen molar-refractivity contribution in [2.24, 2.45) is 23.2 Å². The fourth-order valence-corrected chi connectivity index (χ4v) is 5.48. The molecule has 2 aliphatic carbocycles. The summed E-state index contributed by atoms with van der Waals surface area (Å²) in [5.41, 5.74) is -0.00951. The second kappa shape index (κ2) is 11.8.